The molecule has 0 amide bonds. The maximum absolute atomic E-state index is 8.88. The van der Waals surface area contributed by atoms with Gasteiger partial charge in [-0.15, -0.1) is 0 Å². The van der Waals surface area contributed by atoms with E-state index in [9.17, 15) is 0 Å². The van der Waals surface area contributed by atoms with E-state index in [2.05, 4.69) is 32.6 Å². The number of aryl methyl sites for hydroxylation is 1. The zero-order valence-electron chi connectivity index (χ0n) is 9.87. The molecule has 0 fully saturated rings. The van der Waals surface area contributed by atoms with E-state index in [0.717, 1.165) is 16.7 Å². The average molecular weight is 229 g/mol. The highest BCUT2D eigenvalue weighted by Gasteiger charge is 2.05. The van der Waals surface area contributed by atoms with Gasteiger partial charge in [-0.1, -0.05) is 30.0 Å². The van der Waals surface area contributed by atoms with Crippen LogP contribution in [0.5, 0.6) is 0 Å². The molecule has 0 aromatic heterocycles. The Morgan fingerprint density at radius 1 is 1.44 bits per heavy atom. The zero-order chi connectivity index (χ0) is 12.1. The fourth-order valence-electron chi connectivity index (χ4n) is 1.49. The van der Waals surface area contributed by atoms with Crippen molar-refractivity contribution in [3.05, 3.63) is 52.4 Å². The molecular formula is C14H15NS. The maximum Gasteiger partial charge on any atom is 0.0994 e. The summed E-state index contributed by atoms with van der Waals surface area (Å²) in [5.41, 5.74) is 4.17. The molecule has 0 saturated heterocycles. The molecule has 16 heavy (non-hydrogen) atoms. The summed E-state index contributed by atoms with van der Waals surface area (Å²) in [4.78, 5) is 1.21. The number of rotatable bonds is 3. The second-order valence-corrected chi connectivity index (χ2v) is 4.73. The van der Waals surface area contributed by atoms with Crippen LogP contribution < -0.4 is 0 Å². The Morgan fingerprint density at radius 3 is 2.56 bits per heavy atom. The number of nitriles is 1. The normalized spacial score (nSPS) is 9.38. The molecule has 0 N–H and O–H groups in total. The van der Waals surface area contributed by atoms with Crippen molar-refractivity contribution in [1.82, 2.24) is 0 Å². The van der Waals surface area contributed by atoms with Crippen molar-refractivity contribution in [2.24, 2.45) is 0 Å². The predicted octanol–water partition coefficient (Wildman–Crippen LogP) is 4.49. The van der Waals surface area contributed by atoms with Crippen molar-refractivity contribution in [2.45, 2.75) is 20.8 Å². The smallest absolute Gasteiger partial charge is 0.0994 e. The lowest BCUT2D eigenvalue weighted by atomic mass is 10.0. The molecule has 0 aliphatic carbocycles. The fourth-order valence-corrected chi connectivity index (χ4v) is 2.15. The van der Waals surface area contributed by atoms with Crippen molar-refractivity contribution < 1.29 is 0 Å². The largest absolute Gasteiger partial charge is 0.192 e. The standard InChI is InChI=1S/C14H15NS/c1-5-16-14(10(2)3)12-6-7-13(9-15)11(4)8-12/h5-8H,1H2,2-4H3. The Balaban J connectivity index is 3.24. The highest BCUT2D eigenvalue weighted by Crippen LogP contribution is 2.32. The topological polar surface area (TPSA) is 23.8 Å². The summed E-state index contributed by atoms with van der Waals surface area (Å²) in [6, 6.07) is 8.10. The fraction of sp³-hybridized carbons (Fsp3) is 0.214. The first-order valence-electron chi connectivity index (χ1n) is 5.06. The molecule has 1 aromatic carbocycles. The molecule has 0 aliphatic rings. The van der Waals surface area contributed by atoms with E-state index in [1.807, 2.05) is 24.5 Å². The highest BCUT2D eigenvalue weighted by molar-refractivity contribution is 8.10. The number of benzene rings is 1. The first kappa shape index (κ1) is 12.6. The van der Waals surface area contributed by atoms with E-state index in [4.69, 9.17) is 5.26 Å². The average Bonchev–Trinajstić information content (AvgIpc) is 2.25. The molecule has 0 spiro atoms. The molecule has 0 atom stereocenters. The Morgan fingerprint density at radius 2 is 2.12 bits per heavy atom. The van der Waals surface area contributed by atoms with Crippen LogP contribution in [0, 0.1) is 18.3 Å². The molecule has 0 radical (unpaired) electrons. The third-order valence-corrected chi connectivity index (χ3v) is 3.31. The number of nitrogens with zero attached hydrogens (tertiary/aromatic N) is 1. The van der Waals surface area contributed by atoms with Gasteiger partial charge in [0.2, 0.25) is 0 Å². The van der Waals surface area contributed by atoms with Gasteiger partial charge in [-0.3, -0.25) is 0 Å². The van der Waals surface area contributed by atoms with Crippen LogP contribution >= 0.6 is 11.8 Å². The minimum atomic E-state index is 0.737. The Labute approximate surface area is 101 Å². The summed E-state index contributed by atoms with van der Waals surface area (Å²) in [6.45, 7) is 9.87. The number of hydrogen-bond donors (Lipinski definition) is 0. The van der Waals surface area contributed by atoms with Gasteiger partial charge in [0, 0.05) is 4.91 Å². The van der Waals surface area contributed by atoms with Crippen LogP contribution in [0.1, 0.15) is 30.5 Å². The number of thioether (sulfide) groups is 1. The molecule has 1 nitrogen and oxygen atoms in total. The monoisotopic (exact) mass is 229 g/mol. The van der Waals surface area contributed by atoms with Crippen LogP contribution in [0.15, 0.2) is 35.8 Å². The van der Waals surface area contributed by atoms with Gasteiger partial charge in [0.25, 0.3) is 0 Å². The lowest BCUT2D eigenvalue weighted by molar-refractivity contribution is 1.37. The first-order valence-corrected chi connectivity index (χ1v) is 5.94. The van der Waals surface area contributed by atoms with Crippen LogP contribution in [-0.4, -0.2) is 0 Å². The lowest BCUT2D eigenvalue weighted by Gasteiger charge is -2.08. The van der Waals surface area contributed by atoms with Gasteiger partial charge < -0.3 is 0 Å². The van der Waals surface area contributed by atoms with Gasteiger partial charge >= 0.3 is 0 Å². The first-order chi connectivity index (χ1) is 7.60. The van der Waals surface area contributed by atoms with Crippen molar-refractivity contribution in [3.63, 3.8) is 0 Å². The van der Waals surface area contributed by atoms with Crippen molar-refractivity contribution in [2.75, 3.05) is 0 Å². The summed E-state index contributed by atoms with van der Waals surface area (Å²) >= 11 is 1.62. The van der Waals surface area contributed by atoms with Gasteiger partial charge in [-0.2, -0.15) is 5.26 Å². The summed E-state index contributed by atoms with van der Waals surface area (Å²) in [5, 5.41) is 10.7. The Bertz CT molecular complexity index is 474. The molecule has 0 heterocycles. The quantitative estimate of drug-likeness (QED) is 0.762. The predicted molar refractivity (Wildman–Crippen MR) is 72.0 cm³/mol. The summed E-state index contributed by atoms with van der Waals surface area (Å²) < 4.78 is 0. The third-order valence-electron chi connectivity index (χ3n) is 2.26. The van der Waals surface area contributed by atoms with Crippen molar-refractivity contribution in [3.8, 4) is 6.07 Å². The van der Waals surface area contributed by atoms with Gasteiger partial charge in [0.1, 0.15) is 0 Å². The number of hydrogen-bond acceptors (Lipinski definition) is 2. The maximum atomic E-state index is 8.88. The molecule has 0 aliphatic heterocycles. The summed E-state index contributed by atoms with van der Waals surface area (Å²) in [5.74, 6) is 0. The van der Waals surface area contributed by atoms with E-state index in [1.54, 1.807) is 11.8 Å². The zero-order valence-corrected chi connectivity index (χ0v) is 10.7. The summed E-state index contributed by atoms with van der Waals surface area (Å²) in [7, 11) is 0. The molecule has 82 valence electrons. The SMILES string of the molecule is C=CSC(=C(C)C)c1ccc(C#N)c(C)c1. The van der Waals surface area contributed by atoms with Crippen LogP contribution in [0.3, 0.4) is 0 Å². The molecule has 2 heteroatoms. The van der Waals surface area contributed by atoms with E-state index in [-0.39, 0.29) is 0 Å². The second kappa shape index (κ2) is 5.58. The van der Waals surface area contributed by atoms with E-state index >= 15 is 0 Å². The minimum absolute atomic E-state index is 0.737. The molecule has 0 unspecified atom stereocenters. The van der Waals surface area contributed by atoms with Crippen LogP contribution in [0.4, 0.5) is 0 Å². The molecule has 0 saturated carbocycles. The van der Waals surface area contributed by atoms with Crippen molar-refractivity contribution >= 4 is 16.7 Å². The Hall–Kier alpha value is -1.46. The second-order valence-electron chi connectivity index (χ2n) is 3.76. The van der Waals surface area contributed by atoms with Gasteiger partial charge in [-0.05, 0) is 49.4 Å². The van der Waals surface area contributed by atoms with Gasteiger partial charge in [-0.25, -0.2) is 0 Å². The summed E-state index contributed by atoms with van der Waals surface area (Å²) in [6.07, 6.45) is 0. The van der Waals surface area contributed by atoms with Crippen molar-refractivity contribution in [1.29, 1.82) is 5.26 Å². The van der Waals surface area contributed by atoms with E-state index < -0.39 is 0 Å². The van der Waals surface area contributed by atoms with Crippen LogP contribution in [0.2, 0.25) is 0 Å². The molecule has 0 bridgehead atoms. The van der Waals surface area contributed by atoms with Gasteiger partial charge in [0.15, 0.2) is 0 Å². The van der Waals surface area contributed by atoms with Crippen LogP contribution in [-0.2, 0) is 0 Å². The molecular weight excluding hydrogens is 214 g/mol. The van der Waals surface area contributed by atoms with E-state index in [0.29, 0.717) is 0 Å². The molecule has 1 rings (SSSR count). The van der Waals surface area contributed by atoms with E-state index in [1.165, 1.54) is 10.5 Å². The highest BCUT2D eigenvalue weighted by atomic mass is 32.2. The Kier molecular flexibility index (Phi) is 4.39. The van der Waals surface area contributed by atoms with Crippen LogP contribution in [0.25, 0.3) is 4.91 Å². The lowest BCUT2D eigenvalue weighted by Crippen LogP contribution is -1.87. The third kappa shape index (κ3) is 2.77. The van der Waals surface area contributed by atoms with Gasteiger partial charge in [0.05, 0.1) is 11.6 Å². The number of allylic oxidation sites excluding steroid dienone is 1. The minimum Gasteiger partial charge on any atom is -0.192 e. The molecule has 1 aromatic rings.